The van der Waals surface area contributed by atoms with Gasteiger partial charge in [0.05, 0.1) is 0 Å². The third kappa shape index (κ3) is 4.66. The van der Waals surface area contributed by atoms with Crippen molar-refractivity contribution in [1.29, 1.82) is 0 Å². The molecular weight excluding hydrogens is 160 g/mol. The van der Waals surface area contributed by atoms with Crippen molar-refractivity contribution < 1.29 is 5.11 Å². The standard InChI is InChI=1S/C12H24O/c1-11(9-10-13)7-8-12-5-3-2-4-6-12/h11-13H,2-10H2,1H3. The zero-order valence-corrected chi connectivity index (χ0v) is 8.97. The van der Waals surface area contributed by atoms with E-state index in [0.29, 0.717) is 6.61 Å². The van der Waals surface area contributed by atoms with Gasteiger partial charge >= 0.3 is 0 Å². The second kappa shape index (κ2) is 6.42. The Morgan fingerprint density at radius 2 is 1.85 bits per heavy atom. The molecule has 0 saturated heterocycles. The molecule has 0 aromatic carbocycles. The number of aliphatic hydroxyl groups is 1. The molecule has 0 heterocycles. The van der Waals surface area contributed by atoms with Gasteiger partial charge in [0, 0.05) is 6.61 Å². The van der Waals surface area contributed by atoms with Gasteiger partial charge in [-0.3, -0.25) is 0 Å². The van der Waals surface area contributed by atoms with Gasteiger partial charge in [-0.2, -0.15) is 0 Å². The van der Waals surface area contributed by atoms with Gasteiger partial charge in [0.25, 0.3) is 0 Å². The number of aliphatic hydroxyl groups excluding tert-OH is 1. The Labute approximate surface area is 82.5 Å². The predicted molar refractivity (Wildman–Crippen MR) is 56.7 cm³/mol. The summed E-state index contributed by atoms with van der Waals surface area (Å²) in [6, 6.07) is 0. The summed E-state index contributed by atoms with van der Waals surface area (Å²) in [6.07, 6.45) is 11.0. The largest absolute Gasteiger partial charge is 0.396 e. The van der Waals surface area contributed by atoms with Crippen LogP contribution in [0.25, 0.3) is 0 Å². The second-order valence-corrected chi connectivity index (χ2v) is 4.70. The number of hydrogen-bond donors (Lipinski definition) is 1. The lowest BCUT2D eigenvalue weighted by Gasteiger charge is -2.22. The molecule has 1 saturated carbocycles. The minimum absolute atomic E-state index is 0.367. The van der Waals surface area contributed by atoms with Gasteiger partial charge in [0.2, 0.25) is 0 Å². The molecule has 0 aromatic heterocycles. The van der Waals surface area contributed by atoms with Crippen LogP contribution in [-0.2, 0) is 0 Å². The molecule has 78 valence electrons. The monoisotopic (exact) mass is 184 g/mol. The first-order valence-electron chi connectivity index (χ1n) is 5.93. The predicted octanol–water partition coefficient (Wildman–Crippen LogP) is 3.37. The Balaban J connectivity index is 2.03. The maximum Gasteiger partial charge on any atom is 0.0433 e. The zero-order valence-electron chi connectivity index (χ0n) is 8.97. The summed E-state index contributed by atoms with van der Waals surface area (Å²) in [5.74, 6) is 1.74. The molecule has 0 aliphatic heterocycles. The SMILES string of the molecule is CC(CCO)CCC1CCCCC1. The van der Waals surface area contributed by atoms with E-state index in [1.54, 1.807) is 0 Å². The van der Waals surface area contributed by atoms with Gasteiger partial charge < -0.3 is 5.11 Å². The summed E-state index contributed by atoms with van der Waals surface area (Å²) in [4.78, 5) is 0. The van der Waals surface area contributed by atoms with E-state index in [9.17, 15) is 0 Å². The molecule has 0 aromatic rings. The Morgan fingerprint density at radius 1 is 1.15 bits per heavy atom. The van der Waals surface area contributed by atoms with Gasteiger partial charge in [0.15, 0.2) is 0 Å². The highest BCUT2D eigenvalue weighted by Crippen LogP contribution is 2.28. The highest BCUT2D eigenvalue weighted by atomic mass is 16.3. The molecule has 1 nitrogen and oxygen atoms in total. The summed E-state index contributed by atoms with van der Waals surface area (Å²) in [5, 5.41) is 8.77. The maximum atomic E-state index is 8.77. The average Bonchev–Trinajstić information content (AvgIpc) is 2.17. The molecular formula is C12H24O. The van der Waals surface area contributed by atoms with Crippen molar-refractivity contribution in [3.05, 3.63) is 0 Å². The topological polar surface area (TPSA) is 20.2 Å². The summed E-state index contributed by atoms with van der Waals surface area (Å²) in [6.45, 7) is 2.63. The molecule has 0 spiro atoms. The molecule has 1 atom stereocenters. The lowest BCUT2D eigenvalue weighted by molar-refractivity contribution is 0.245. The maximum absolute atomic E-state index is 8.77. The first-order chi connectivity index (χ1) is 6.33. The van der Waals surface area contributed by atoms with E-state index in [-0.39, 0.29) is 0 Å². The molecule has 1 rings (SSSR count). The van der Waals surface area contributed by atoms with Gasteiger partial charge in [-0.25, -0.2) is 0 Å². The molecule has 13 heavy (non-hydrogen) atoms. The average molecular weight is 184 g/mol. The molecule has 1 aliphatic rings. The molecule has 1 N–H and O–H groups in total. The Hall–Kier alpha value is -0.0400. The molecule has 1 fully saturated rings. The Kier molecular flexibility index (Phi) is 5.45. The minimum Gasteiger partial charge on any atom is -0.396 e. The minimum atomic E-state index is 0.367. The van der Waals surface area contributed by atoms with Crippen LogP contribution >= 0.6 is 0 Å². The van der Waals surface area contributed by atoms with E-state index in [0.717, 1.165) is 18.3 Å². The fourth-order valence-electron chi connectivity index (χ4n) is 2.36. The van der Waals surface area contributed by atoms with Crippen molar-refractivity contribution in [2.45, 2.75) is 58.3 Å². The molecule has 1 unspecified atom stereocenters. The summed E-state index contributed by atoms with van der Waals surface area (Å²) < 4.78 is 0. The van der Waals surface area contributed by atoms with Crippen LogP contribution < -0.4 is 0 Å². The van der Waals surface area contributed by atoms with Crippen LogP contribution in [0.3, 0.4) is 0 Å². The van der Waals surface area contributed by atoms with E-state index in [2.05, 4.69) is 6.92 Å². The van der Waals surface area contributed by atoms with Crippen LogP contribution in [0.15, 0.2) is 0 Å². The van der Waals surface area contributed by atoms with Crippen LogP contribution in [0, 0.1) is 11.8 Å². The normalized spacial score (nSPS) is 21.7. The fourth-order valence-corrected chi connectivity index (χ4v) is 2.36. The first kappa shape index (κ1) is 11.0. The van der Waals surface area contributed by atoms with Gasteiger partial charge in [-0.1, -0.05) is 51.9 Å². The molecule has 1 aliphatic carbocycles. The smallest absolute Gasteiger partial charge is 0.0433 e. The van der Waals surface area contributed by atoms with Crippen molar-refractivity contribution in [3.8, 4) is 0 Å². The van der Waals surface area contributed by atoms with Crippen LogP contribution in [0.5, 0.6) is 0 Å². The van der Waals surface area contributed by atoms with Gasteiger partial charge in [0.1, 0.15) is 0 Å². The Bertz CT molecular complexity index is 116. The fraction of sp³-hybridized carbons (Fsp3) is 1.00. The van der Waals surface area contributed by atoms with Crippen molar-refractivity contribution in [2.75, 3.05) is 6.61 Å². The molecule has 0 radical (unpaired) electrons. The number of rotatable bonds is 5. The molecule has 1 heteroatoms. The second-order valence-electron chi connectivity index (χ2n) is 4.70. The summed E-state index contributed by atoms with van der Waals surface area (Å²) in [7, 11) is 0. The zero-order chi connectivity index (χ0) is 9.52. The third-order valence-corrected chi connectivity index (χ3v) is 3.41. The lowest BCUT2D eigenvalue weighted by atomic mass is 9.84. The van der Waals surface area contributed by atoms with Crippen LogP contribution in [0.2, 0.25) is 0 Å². The third-order valence-electron chi connectivity index (χ3n) is 3.41. The summed E-state index contributed by atoms with van der Waals surface area (Å²) in [5.41, 5.74) is 0. The highest BCUT2D eigenvalue weighted by Gasteiger charge is 2.14. The van der Waals surface area contributed by atoms with E-state index in [4.69, 9.17) is 5.11 Å². The van der Waals surface area contributed by atoms with Crippen LogP contribution in [0.4, 0.5) is 0 Å². The summed E-state index contributed by atoms with van der Waals surface area (Å²) >= 11 is 0. The van der Waals surface area contributed by atoms with Crippen LogP contribution in [0.1, 0.15) is 58.3 Å². The Morgan fingerprint density at radius 3 is 2.46 bits per heavy atom. The lowest BCUT2D eigenvalue weighted by Crippen LogP contribution is -2.08. The quantitative estimate of drug-likeness (QED) is 0.694. The van der Waals surface area contributed by atoms with E-state index < -0.39 is 0 Å². The van der Waals surface area contributed by atoms with Gasteiger partial charge in [-0.15, -0.1) is 0 Å². The van der Waals surface area contributed by atoms with Crippen molar-refractivity contribution in [1.82, 2.24) is 0 Å². The van der Waals surface area contributed by atoms with Crippen LogP contribution in [-0.4, -0.2) is 11.7 Å². The molecule has 0 amide bonds. The highest BCUT2D eigenvalue weighted by molar-refractivity contribution is 4.67. The first-order valence-corrected chi connectivity index (χ1v) is 5.93. The molecule has 0 bridgehead atoms. The van der Waals surface area contributed by atoms with Crippen molar-refractivity contribution >= 4 is 0 Å². The van der Waals surface area contributed by atoms with E-state index >= 15 is 0 Å². The van der Waals surface area contributed by atoms with E-state index in [1.807, 2.05) is 0 Å². The van der Waals surface area contributed by atoms with Crippen molar-refractivity contribution in [2.24, 2.45) is 11.8 Å². The van der Waals surface area contributed by atoms with E-state index in [1.165, 1.54) is 44.9 Å². The number of hydrogen-bond acceptors (Lipinski definition) is 1. The van der Waals surface area contributed by atoms with Crippen molar-refractivity contribution in [3.63, 3.8) is 0 Å². The van der Waals surface area contributed by atoms with Gasteiger partial charge in [-0.05, 0) is 18.3 Å².